The highest BCUT2D eigenvalue weighted by atomic mass is 16.2. The molecule has 0 bridgehead atoms. The molecule has 0 fully saturated rings. The summed E-state index contributed by atoms with van der Waals surface area (Å²) in [7, 11) is 0. The Morgan fingerprint density at radius 1 is 0.958 bits per heavy atom. The van der Waals surface area contributed by atoms with E-state index in [1.54, 1.807) is 24.3 Å². The Labute approximate surface area is 141 Å². The zero-order valence-electron chi connectivity index (χ0n) is 13.7. The minimum absolute atomic E-state index is 0.333. The van der Waals surface area contributed by atoms with Crippen LogP contribution in [-0.4, -0.2) is 27.1 Å². The highest BCUT2D eigenvalue weighted by Gasteiger charge is 2.45. The third kappa shape index (κ3) is 3.72. The fraction of sp³-hybridized carbons (Fsp3) is 0.333. The predicted octanol–water partition coefficient (Wildman–Crippen LogP) is 2.32. The number of pyridine rings is 2. The molecular weight excluding hydrogens is 304 g/mol. The SMILES string of the molecule is CCCCCC(NN)(C(=O)c1ccncc1)C(=O)c1ccncc1. The maximum Gasteiger partial charge on any atom is 0.192 e. The number of unbranched alkanes of at least 4 members (excludes halogenated alkanes) is 2. The number of carbonyl (C=O) groups is 2. The van der Waals surface area contributed by atoms with E-state index in [0.717, 1.165) is 12.8 Å². The van der Waals surface area contributed by atoms with Crippen LogP contribution in [0.5, 0.6) is 0 Å². The van der Waals surface area contributed by atoms with Crippen molar-refractivity contribution in [3.63, 3.8) is 0 Å². The molecule has 0 spiro atoms. The lowest BCUT2D eigenvalue weighted by Crippen LogP contribution is -2.61. The van der Waals surface area contributed by atoms with E-state index in [1.165, 1.54) is 24.8 Å². The highest BCUT2D eigenvalue weighted by molar-refractivity contribution is 6.23. The van der Waals surface area contributed by atoms with Crippen LogP contribution in [0.25, 0.3) is 0 Å². The van der Waals surface area contributed by atoms with E-state index in [4.69, 9.17) is 5.84 Å². The lowest BCUT2D eigenvalue weighted by molar-refractivity contribution is 0.0708. The number of nitrogens with two attached hydrogens (primary N) is 1. The number of hydrazine groups is 1. The number of Topliss-reactive ketones (excluding diaryl/α,β-unsaturated/α-hetero) is 2. The molecule has 0 saturated carbocycles. The van der Waals surface area contributed by atoms with Crippen LogP contribution in [0.1, 0.15) is 53.3 Å². The molecule has 0 unspecified atom stereocenters. The number of aromatic nitrogens is 2. The number of rotatable bonds is 9. The molecule has 2 rings (SSSR count). The average molecular weight is 326 g/mol. The van der Waals surface area contributed by atoms with Gasteiger partial charge in [-0.1, -0.05) is 26.2 Å². The van der Waals surface area contributed by atoms with Gasteiger partial charge >= 0.3 is 0 Å². The molecule has 2 aromatic heterocycles. The van der Waals surface area contributed by atoms with Crippen LogP contribution < -0.4 is 11.3 Å². The van der Waals surface area contributed by atoms with Gasteiger partial charge < -0.3 is 0 Å². The van der Waals surface area contributed by atoms with E-state index in [9.17, 15) is 9.59 Å². The van der Waals surface area contributed by atoms with Gasteiger partial charge in [0.05, 0.1) is 0 Å². The second-order valence-electron chi connectivity index (χ2n) is 5.64. The molecule has 126 valence electrons. The molecule has 0 atom stereocenters. The topological polar surface area (TPSA) is 98.0 Å². The number of nitrogens with one attached hydrogen (secondary N) is 1. The molecule has 0 aliphatic heterocycles. The number of carbonyl (C=O) groups excluding carboxylic acids is 2. The summed E-state index contributed by atoms with van der Waals surface area (Å²) >= 11 is 0. The molecule has 6 heteroatoms. The van der Waals surface area contributed by atoms with Crippen LogP contribution >= 0.6 is 0 Å². The Morgan fingerprint density at radius 3 is 1.79 bits per heavy atom. The van der Waals surface area contributed by atoms with E-state index in [-0.39, 0.29) is 11.6 Å². The van der Waals surface area contributed by atoms with Crippen LogP contribution in [0.2, 0.25) is 0 Å². The molecule has 3 N–H and O–H groups in total. The summed E-state index contributed by atoms with van der Waals surface area (Å²) in [5.41, 5.74) is 1.85. The first-order valence-electron chi connectivity index (χ1n) is 8.03. The van der Waals surface area contributed by atoms with Crippen molar-refractivity contribution >= 4 is 11.6 Å². The van der Waals surface area contributed by atoms with Crippen LogP contribution in [0.4, 0.5) is 0 Å². The van der Waals surface area contributed by atoms with Crippen molar-refractivity contribution in [2.75, 3.05) is 0 Å². The fourth-order valence-corrected chi connectivity index (χ4v) is 2.67. The van der Waals surface area contributed by atoms with Crippen molar-refractivity contribution in [3.8, 4) is 0 Å². The first-order chi connectivity index (χ1) is 11.7. The quantitative estimate of drug-likeness (QED) is 0.241. The van der Waals surface area contributed by atoms with Gasteiger partial charge in [-0.3, -0.25) is 25.4 Å². The first-order valence-corrected chi connectivity index (χ1v) is 8.03. The van der Waals surface area contributed by atoms with Crippen molar-refractivity contribution in [3.05, 3.63) is 60.2 Å². The van der Waals surface area contributed by atoms with E-state index < -0.39 is 5.54 Å². The van der Waals surface area contributed by atoms with Crippen molar-refractivity contribution in [1.82, 2.24) is 15.4 Å². The third-order valence-electron chi connectivity index (χ3n) is 4.06. The monoisotopic (exact) mass is 326 g/mol. The van der Waals surface area contributed by atoms with Crippen LogP contribution in [0.3, 0.4) is 0 Å². The summed E-state index contributed by atoms with van der Waals surface area (Å²) < 4.78 is 0. The molecule has 0 aliphatic rings. The minimum atomic E-state index is -1.49. The molecule has 0 radical (unpaired) electrons. The summed E-state index contributed by atoms with van der Waals surface area (Å²) in [5, 5.41) is 0. The van der Waals surface area contributed by atoms with E-state index in [2.05, 4.69) is 22.3 Å². The Balaban J connectivity index is 2.43. The molecule has 0 aromatic carbocycles. The second kappa shape index (κ2) is 8.42. The minimum Gasteiger partial charge on any atom is -0.291 e. The van der Waals surface area contributed by atoms with Crippen molar-refractivity contribution < 1.29 is 9.59 Å². The van der Waals surface area contributed by atoms with Crippen molar-refractivity contribution in [2.45, 2.75) is 38.1 Å². The van der Waals surface area contributed by atoms with Crippen LogP contribution in [-0.2, 0) is 0 Å². The predicted molar refractivity (Wildman–Crippen MR) is 91.3 cm³/mol. The zero-order chi connectivity index (χ0) is 17.4. The summed E-state index contributed by atoms with van der Waals surface area (Å²) in [6.45, 7) is 2.06. The zero-order valence-corrected chi connectivity index (χ0v) is 13.7. The van der Waals surface area contributed by atoms with Crippen LogP contribution in [0, 0.1) is 0 Å². The molecule has 2 aromatic rings. The molecule has 0 aliphatic carbocycles. The van der Waals surface area contributed by atoms with Gasteiger partial charge in [-0.15, -0.1) is 0 Å². The lowest BCUT2D eigenvalue weighted by Gasteiger charge is -2.30. The third-order valence-corrected chi connectivity index (χ3v) is 4.06. The largest absolute Gasteiger partial charge is 0.291 e. The molecule has 0 saturated heterocycles. The first kappa shape index (κ1) is 17.9. The standard InChI is InChI=1S/C18H22N4O2/c1-2-3-4-9-18(22-19,16(23)14-5-10-20-11-6-14)17(24)15-7-12-21-13-8-15/h5-8,10-13,22H,2-4,9,19H2,1H3. The van der Waals surface area contributed by atoms with Gasteiger partial charge in [0.2, 0.25) is 0 Å². The highest BCUT2D eigenvalue weighted by Crippen LogP contribution is 2.25. The van der Waals surface area contributed by atoms with Gasteiger partial charge in [0.1, 0.15) is 0 Å². The number of hydrogen-bond donors (Lipinski definition) is 2. The van der Waals surface area contributed by atoms with Gasteiger partial charge in [-0.2, -0.15) is 0 Å². The number of nitrogens with zero attached hydrogens (tertiary/aromatic N) is 2. The maximum absolute atomic E-state index is 13.1. The van der Waals surface area contributed by atoms with Gasteiger partial charge in [0.25, 0.3) is 0 Å². The van der Waals surface area contributed by atoms with E-state index in [1.807, 2.05) is 0 Å². The van der Waals surface area contributed by atoms with Gasteiger partial charge in [0, 0.05) is 35.9 Å². The van der Waals surface area contributed by atoms with Crippen molar-refractivity contribution in [1.29, 1.82) is 0 Å². The van der Waals surface area contributed by atoms with Crippen LogP contribution in [0.15, 0.2) is 49.1 Å². The number of hydrogen-bond acceptors (Lipinski definition) is 6. The van der Waals surface area contributed by atoms with E-state index >= 15 is 0 Å². The number of ketones is 2. The Bertz CT molecular complexity index is 622. The second-order valence-corrected chi connectivity index (χ2v) is 5.64. The summed E-state index contributed by atoms with van der Waals surface area (Å²) in [5.74, 6) is 5.06. The van der Waals surface area contributed by atoms with Crippen molar-refractivity contribution in [2.24, 2.45) is 5.84 Å². The fourth-order valence-electron chi connectivity index (χ4n) is 2.67. The molecule has 2 heterocycles. The molecule has 6 nitrogen and oxygen atoms in total. The summed E-state index contributed by atoms with van der Waals surface area (Å²) in [4.78, 5) is 34.0. The van der Waals surface area contributed by atoms with E-state index in [0.29, 0.717) is 24.0 Å². The smallest absolute Gasteiger partial charge is 0.192 e. The Hall–Kier alpha value is -2.44. The lowest BCUT2D eigenvalue weighted by atomic mass is 9.79. The normalized spacial score (nSPS) is 11.2. The maximum atomic E-state index is 13.1. The molecular formula is C18H22N4O2. The summed E-state index contributed by atoms with van der Waals surface area (Å²) in [6.07, 6.45) is 9.04. The average Bonchev–Trinajstić information content (AvgIpc) is 2.66. The Morgan fingerprint density at radius 2 is 1.42 bits per heavy atom. The van der Waals surface area contributed by atoms with Gasteiger partial charge in [0.15, 0.2) is 17.1 Å². The summed E-state index contributed by atoms with van der Waals surface area (Å²) in [6, 6.07) is 6.37. The molecule has 0 amide bonds. The molecule has 24 heavy (non-hydrogen) atoms. The van der Waals surface area contributed by atoms with Gasteiger partial charge in [-0.25, -0.2) is 5.43 Å². The van der Waals surface area contributed by atoms with Gasteiger partial charge in [-0.05, 0) is 30.7 Å². The Kier molecular flexibility index (Phi) is 6.28.